The molecule has 0 aliphatic carbocycles. The van der Waals surface area contributed by atoms with Crippen molar-refractivity contribution < 1.29 is 19.1 Å². The van der Waals surface area contributed by atoms with Crippen LogP contribution in [0.3, 0.4) is 0 Å². The summed E-state index contributed by atoms with van der Waals surface area (Å²) < 4.78 is 10.9. The summed E-state index contributed by atoms with van der Waals surface area (Å²) in [5, 5.41) is 1.16. The molecular formula is C29H33NO4Si. The Kier molecular flexibility index (Phi) is 7.83. The maximum atomic E-state index is 14.3. The second-order valence-electron chi connectivity index (χ2n) is 9.48. The van der Waals surface area contributed by atoms with Crippen LogP contribution in [0.25, 0.3) is 0 Å². The largest absolute Gasteiger partial charge is 0.497 e. The van der Waals surface area contributed by atoms with Crippen LogP contribution < -0.4 is 9.92 Å². The van der Waals surface area contributed by atoms with E-state index >= 15 is 0 Å². The van der Waals surface area contributed by atoms with E-state index in [0.717, 1.165) is 16.5 Å². The molecule has 0 saturated carbocycles. The predicted octanol–water partition coefficient (Wildman–Crippen LogP) is 4.51. The van der Waals surface area contributed by atoms with E-state index in [4.69, 9.17) is 9.47 Å². The minimum Gasteiger partial charge on any atom is -0.497 e. The average Bonchev–Trinajstić information content (AvgIpc) is 2.92. The fourth-order valence-electron chi connectivity index (χ4n) is 4.98. The average molecular weight is 488 g/mol. The molecule has 35 heavy (non-hydrogen) atoms. The van der Waals surface area contributed by atoms with Gasteiger partial charge in [-0.1, -0.05) is 91.1 Å². The van der Waals surface area contributed by atoms with Crippen molar-refractivity contribution in [3.63, 3.8) is 0 Å². The second-order valence-corrected chi connectivity index (χ2v) is 14.1. The van der Waals surface area contributed by atoms with Crippen LogP contribution in [0.1, 0.15) is 21.8 Å². The molecule has 1 saturated heterocycles. The highest BCUT2D eigenvalue weighted by molar-refractivity contribution is 6.93. The first kappa shape index (κ1) is 24.9. The second kappa shape index (κ2) is 11.0. The summed E-state index contributed by atoms with van der Waals surface area (Å²) in [6.07, 6.45) is 0. The van der Waals surface area contributed by atoms with Crippen molar-refractivity contribution in [2.24, 2.45) is 0 Å². The summed E-state index contributed by atoms with van der Waals surface area (Å²) in [7, 11) is -0.881. The Balaban J connectivity index is 1.88. The van der Waals surface area contributed by atoms with Gasteiger partial charge in [-0.2, -0.15) is 0 Å². The van der Waals surface area contributed by atoms with E-state index in [9.17, 15) is 9.59 Å². The van der Waals surface area contributed by atoms with Gasteiger partial charge in [-0.15, -0.1) is 0 Å². The van der Waals surface area contributed by atoms with Crippen molar-refractivity contribution in [3.8, 4) is 5.75 Å². The number of nitrogens with zero attached hydrogens (tertiary/aromatic N) is 1. The first-order valence-electron chi connectivity index (χ1n) is 12.1. The van der Waals surface area contributed by atoms with E-state index in [2.05, 4.69) is 25.2 Å². The monoisotopic (exact) mass is 487 g/mol. The van der Waals surface area contributed by atoms with Crippen LogP contribution in [0.15, 0.2) is 84.9 Å². The SMILES string of the molecule is COc1ccc([C@H](C(=O)c2ccccc2)[C@H](C(=O)N2CCOCC2)[Si](C)(C)c2ccccc2)cc1. The lowest BCUT2D eigenvalue weighted by Gasteiger charge is -2.41. The fourth-order valence-corrected chi connectivity index (χ4v) is 8.37. The number of methoxy groups -OCH3 is 1. The topological polar surface area (TPSA) is 55.8 Å². The Labute approximate surface area is 208 Å². The standard InChI is InChI=1S/C29H33NO4Si/c1-33-24-16-14-22(15-17-24)26(27(31)23-10-6-4-7-11-23)28(29(32)30-18-20-34-21-19-30)35(2,3)25-12-8-5-9-13-25/h4-17,26,28H,18-21H2,1-3H3/t26-,28-/m1/s1. The predicted molar refractivity (Wildman–Crippen MR) is 141 cm³/mol. The molecular weight excluding hydrogens is 454 g/mol. The number of carbonyl (C=O) groups excluding carboxylic acids is 2. The maximum Gasteiger partial charge on any atom is 0.224 e. The van der Waals surface area contributed by atoms with Crippen molar-refractivity contribution >= 4 is 25.0 Å². The number of ketones is 1. The molecule has 0 radical (unpaired) electrons. The highest BCUT2D eigenvalue weighted by Crippen LogP contribution is 2.41. The summed E-state index contributed by atoms with van der Waals surface area (Å²) in [5.41, 5.74) is 0.970. The van der Waals surface area contributed by atoms with Gasteiger partial charge in [0.25, 0.3) is 0 Å². The minimum atomic E-state index is -2.50. The summed E-state index contributed by atoms with van der Waals surface area (Å²) in [4.78, 5) is 30.4. The van der Waals surface area contributed by atoms with Gasteiger partial charge >= 0.3 is 0 Å². The molecule has 1 aliphatic rings. The van der Waals surface area contributed by atoms with Gasteiger partial charge in [-0.05, 0) is 17.7 Å². The van der Waals surface area contributed by atoms with Crippen LogP contribution in [-0.2, 0) is 9.53 Å². The lowest BCUT2D eigenvalue weighted by atomic mass is 9.86. The number of rotatable bonds is 8. The molecule has 0 unspecified atom stereocenters. The Hall–Kier alpha value is -3.22. The van der Waals surface area contributed by atoms with Gasteiger partial charge in [-0.25, -0.2) is 0 Å². The Morgan fingerprint density at radius 2 is 1.43 bits per heavy atom. The molecule has 1 amide bonds. The molecule has 3 aromatic carbocycles. The van der Waals surface area contributed by atoms with Gasteiger partial charge in [0.05, 0.1) is 39.9 Å². The third-order valence-electron chi connectivity index (χ3n) is 7.03. The highest BCUT2D eigenvalue weighted by Gasteiger charge is 2.48. The molecule has 0 spiro atoms. The number of benzene rings is 3. The molecule has 1 fully saturated rings. The highest BCUT2D eigenvalue weighted by atomic mass is 28.3. The molecule has 2 atom stereocenters. The summed E-state index contributed by atoms with van der Waals surface area (Å²) in [6, 6.07) is 27.1. The molecule has 0 N–H and O–H groups in total. The smallest absolute Gasteiger partial charge is 0.224 e. The van der Waals surface area contributed by atoms with Gasteiger partial charge in [-0.3, -0.25) is 9.59 Å². The van der Waals surface area contributed by atoms with Crippen molar-refractivity contribution in [2.75, 3.05) is 33.4 Å². The zero-order valence-corrected chi connectivity index (χ0v) is 21.6. The first-order chi connectivity index (χ1) is 16.9. The molecule has 182 valence electrons. The van der Waals surface area contributed by atoms with E-state index in [1.807, 2.05) is 77.7 Å². The summed E-state index contributed by atoms with van der Waals surface area (Å²) in [5.74, 6) is 0.119. The zero-order chi connectivity index (χ0) is 24.8. The number of hydrogen-bond acceptors (Lipinski definition) is 4. The van der Waals surface area contributed by atoms with Crippen molar-refractivity contribution in [1.29, 1.82) is 0 Å². The lowest BCUT2D eigenvalue weighted by molar-refractivity contribution is -0.135. The number of morpholine rings is 1. The zero-order valence-electron chi connectivity index (χ0n) is 20.6. The number of carbonyl (C=O) groups is 2. The van der Waals surface area contributed by atoms with Gasteiger partial charge in [0.15, 0.2) is 5.78 Å². The molecule has 0 aromatic heterocycles. The number of ether oxygens (including phenoxy) is 2. The molecule has 5 nitrogen and oxygen atoms in total. The van der Waals surface area contributed by atoms with E-state index in [0.29, 0.717) is 31.9 Å². The van der Waals surface area contributed by atoms with Crippen molar-refractivity contribution in [2.45, 2.75) is 24.6 Å². The summed E-state index contributed by atoms with van der Waals surface area (Å²) in [6.45, 7) is 6.55. The first-order valence-corrected chi connectivity index (χ1v) is 15.2. The van der Waals surface area contributed by atoms with Crippen molar-refractivity contribution in [1.82, 2.24) is 4.90 Å². The number of Topliss-reactive ketones (excluding diaryl/α,β-unsaturated/α-hetero) is 1. The van der Waals surface area contributed by atoms with E-state index < -0.39 is 19.5 Å². The van der Waals surface area contributed by atoms with Crippen LogP contribution in [0.5, 0.6) is 5.75 Å². The van der Waals surface area contributed by atoms with Crippen molar-refractivity contribution in [3.05, 3.63) is 96.1 Å². The number of hydrogen-bond donors (Lipinski definition) is 0. The van der Waals surface area contributed by atoms with E-state index in [1.165, 1.54) is 0 Å². The Morgan fingerprint density at radius 1 is 0.857 bits per heavy atom. The maximum absolute atomic E-state index is 14.3. The Morgan fingerprint density at radius 3 is 2.00 bits per heavy atom. The van der Waals surface area contributed by atoms with Crippen LogP contribution in [0.2, 0.25) is 18.6 Å². The fraction of sp³-hybridized carbons (Fsp3) is 0.310. The molecule has 4 rings (SSSR count). The van der Waals surface area contributed by atoms with E-state index in [1.54, 1.807) is 7.11 Å². The van der Waals surface area contributed by atoms with Crippen LogP contribution in [-0.4, -0.2) is 58.1 Å². The van der Waals surface area contributed by atoms with Gasteiger partial charge in [0, 0.05) is 18.7 Å². The third kappa shape index (κ3) is 5.39. The molecule has 1 aliphatic heterocycles. The third-order valence-corrected chi connectivity index (χ3v) is 11.0. The number of amides is 1. The van der Waals surface area contributed by atoms with Crippen LogP contribution in [0, 0.1) is 0 Å². The van der Waals surface area contributed by atoms with Crippen LogP contribution in [0.4, 0.5) is 0 Å². The van der Waals surface area contributed by atoms with Crippen LogP contribution >= 0.6 is 0 Å². The lowest BCUT2D eigenvalue weighted by Crippen LogP contribution is -2.56. The van der Waals surface area contributed by atoms with E-state index in [-0.39, 0.29) is 11.7 Å². The van der Waals surface area contributed by atoms with Gasteiger partial charge in [0.1, 0.15) is 5.75 Å². The molecule has 0 bridgehead atoms. The minimum absolute atomic E-state index is 0.0288. The molecule has 1 heterocycles. The van der Waals surface area contributed by atoms with Gasteiger partial charge < -0.3 is 14.4 Å². The van der Waals surface area contributed by atoms with Gasteiger partial charge in [0.2, 0.25) is 5.91 Å². The Bertz CT molecular complexity index is 1130. The quantitative estimate of drug-likeness (QED) is 0.347. The summed E-state index contributed by atoms with van der Waals surface area (Å²) >= 11 is 0. The normalized spacial score (nSPS) is 15.8. The molecule has 3 aromatic rings. The molecule has 6 heteroatoms.